The normalized spacial score (nSPS) is 10.2. The second-order valence-corrected chi connectivity index (χ2v) is 3.42. The molecule has 2 aromatic heterocycles. The van der Waals surface area contributed by atoms with Gasteiger partial charge in [-0.1, -0.05) is 11.6 Å². The van der Waals surface area contributed by atoms with Crippen molar-refractivity contribution in [3.63, 3.8) is 0 Å². The highest BCUT2D eigenvalue weighted by atomic mass is 35.5. The lowest BCUT2D eigenvalue weighted by molar-refractivity contribution is 0.0515. The van der Waals surface area contributed by atoms with Gasteiger partial charge >= 0.3 is 5.97 Å². The van der Waals surface area contributed by atoms with Crippen molar-refractivity contribution < 1.29 is 9.53 Å². The van der Waals surface area contributed by atoms with Crippen LogP contribution in [0.25, 0.3) is 5.95 Å². The minimum absolute atomic E-state index is 0.181. The highest BCUT2D eigenvalue weighted by molar-refractivity contribution is 6.29. The van der Waals surface area contributed by atoms with Gasteiger partial charge in [-0.25, -0.2) is 14.8 Å². The third-order valence-corrected chi connectivity index (χ3v) is 2.09. The molecule has 0 aromatic carbocycles. The minimum Gasteiger partial charge on any atom is -0.461 e. The molecule has 0 amide bonds. The van der Waals surface area contributed by atoms with E-state index < -0.39 is 5.97 Å². The van der Waals surface area contributed by atoms with Crippen molar-refractivity contribution >= 4 is 17.6 Å². The van der Waals surface area contributed by atoms with Crippen molar-refractivity contribution in [2.24, 2.45) is 0 Å². The first kappa shape index (κ1) is 11.5. The molecular weight excluding hydrogens is 244 g/mol. The van der Waals surface area contributed by atoms with Gasteiger partial charge in [0.25, 0.3) is 5.95 Å². The third-order valence-electron chi connectivity index (χ3n) is 1.91. The first-order valence-corrected chi connectivity index (χ1v) is 5.30. The van der Waals surface area contributed by atoms with E-state index in [1.54, 1.807) is 25.4 Å². The molecule has 2 heterocycles. The van der Waals surface area contributed by atoms with E-state index in [-0.39, 0.29) is 23.4 Å². The van der Waals surface area contributed by atoms with E-state index in [9.17, 15) is 4.79 Å². The summed E-state index contributed by atoms with van der Waals surface area (Å²) in [6, 6.07) is 3.08. The summed E-state index contributed by atoms with van der Waals surface area (Å²) >= 11 is 5.76. The van der Waals surface area contributed by atoms with Crippen LogP contribution in [0.4, 0.5) is 0 Å². The van der Waals surface area contributed by atoms with Gasteiger partial charge in [0, 0.05) is 18.5 Å². The molecule has 0 N–H and O–H groups in total. The zero-order chi connectivity index (χ0) is 12.3. The predicted octanol–water partition coefficient (Wildman–Crippen LogP) is 1.49. The number of carbonyl (C=O) groups excluding carboxylic acids is 1. The maximum atomic E-state index is 11.7. The lowest BCUT2D eigenvalue weighted by atomic mass is 10.4. The molecule has 7 heteroatoms. The molecule has 6 nitrogen and oxygen atoms in total. The molecule has 0 radical (unpaired) electrons. The third kappa shape index (κ3) is 2.42. The summed E-state index contributed by atoms with van der Waals surface area (Å²) < 4.78 is 6.14. The van der Waals surface area contributed by atoms with Gasteiger partial charge in [0.05, 0.1) is 6.61 Å². The van der Waals surface area contributed by atoms with Gasteiger partial charge < -0.3 is 4.74 Å². The highest BCUT2D eigenvalue weighted by Crippen LogP contribution is 2.13. The molecule has 0 aliphatic carbocycles. The molecule has 0 fully saturated rings. The van der Waals surface area contributed by atoms with Crippen molar-refractivity contribution in [2.45, 2.75) is 6.92 Å². The summed E-state index contributed by atoms with van der Waals surface area (Å²) in [7, 11) is 0. The number of halogens is 1. The standard InChI is InChI=1S/C10H9ClN4O2/c1-2-17-9(16)7-6-8(11)14-15(7)10-12-4-3-5-13-10/h3-6H,2H2,1H3. The maximum absolute atomic E-state index is 11.7. The van der Waals surface area contributed by atoms with Crippen LogP contribution in [0.5, 0.6) is 0 Å². The van der Waals surface area contributed by atoms with E-state index in [0.717, 1.165) is 0 Å². The van der Waals surface area contributed by atoms with Crippen LogP contribution in [-0.2, 0) is 4.74 Å². The lowest BCUT2D eigenvalue weighted by Crippen LogP contribution is -2.13. The predicted molar refractivity (Wildman–Crippen MR) is 60.1 cm³/mol. The monoisotopic (exact) mass is 252 g/mol. The molecule has 17 heavy (non-hydrogen) atoms. The fourth-order valence-corrected chi connectivity index (χ4v) is 1.43. The van der Waals surface area contributed by atoms with Crippen LogP contribution < -0.4 is 0 Å². The Morgan fingerprint density at radius 3 is 2.82 bits per heavy atom. The van der Waals surface area contributed by atoms with Gasteiger partial charge in [0.15, 0.2) is 10.8 Å². The Hall–Kier alpha value is -1.95. The zero-order valence-electron chi connectivity index (χ0n) is 9.00. The molecule has 88 valence electrons. The highest BCUT2D eigenvalue weighted by Gasteiger charge is 2.18. The maximum Gasteiger partial charge on any atom is 0.357 e. The number of rotatable bonds is 3. The number of ether oxygens (including phenoxy) is 1. The van der Waals surface area contributed by atoms with Crippen molar-refractivity contribution in [1.82, 2.24) is 19.7 Å². The molecule has 0 aliphatic heterocycles. The van der Waals surface area contributed by atoms with Crippen LogP contribution in [0.15, 0.2) is 24.5 Å². The molecule has 0 saturated carbocycles. The second-order valence-electron chi connectivity index (χ2n) is 3.03. The first-order valence-electron chi connectivity index (χ1n) is 4.92. The molecule has 0 unspecified atom stereocenters. The number of nitrogens with zero attached hydrogens (tertiary/aromatic N) is 4. The number of esters is 1. The number of carbonyl (C=O) groups is 1. The smallest absolute Gasteiger partial charge is 0.357 e. The average molecular weight is 253 g/mol. The Balaban J connectivity index is 2.44. The van der Waals surface area contributed by atoms with Gasteiger partial charge in [0.1, 0.15) is 0 Å². The Morgan fingerprint density at radius 2 is 2.18 bits per heavy atom. The van der Waals surface area contributed by atoms with Crippen molar-refractivity contribution in [3.8, 4) is 5.95 Å². The van der Waals surface area contributed by atoms with Crippen LogP contribution >= 0.6 is 11.6 Å². The van der Waals surface area contributed by atoms with Crippen molar-refractivity contribution in [2.75, 3.05) is 6.61 Å². The van der Waals surface area contributed by atoms with E-state index in [1.807, 2.05) is 0 Å². The Labute approximate surface area is 102 Å². The van der Waals surface area contributed by atoms with Crippen molar-refractivity contribution in [1.29, 1.82) is 0 Å². The summed E-state index contributed by atoms with van der Waals surface area (Å²) in [5.74, 6) is -0.248. The quantitative estimate of drug-likeness (QED) is 0.774. The SMILES string of the molecule is CCOC(=O)c1cc(Cl)nn1-c1ncccn1. The zero-order valence-corrected chi connectivity index (χ0v) is 9.76. The number of aromatic nitrogens is 4. The molecule has 0 aliphatic rings. The van der Waals surface area contributed by atoms with Gasteiger partial charge in [-0.3, -0.25) is 0 Å². The lowest BCUT2D eigenvalue weighted by Gasteiger charge is -2.03. The van der Waals surface area contributed by atoms with Gasteiger partial charge in [0.2, 0.25) is 0 Å². The van der Waals surface area contributed by atoms with Crippen LogP contribution in [0.1, 0.15) is 17.4 Å². The number of hydrogen-bond acceptors (Lipinski definition) is 5. The van der Waals surface area contributed by atoms with E-state index >= 15 is 0 Å². The Morgan fingerprint density at radius 1 is 1.47 bits per heavy atom. The molecule has 0 spiro atoms. The fourth-order valence-electron chi connectivity index (χ4n) is 1.26. The van der Waals surface area contributed by atoms with Crippen LogP contribution in [0.3, 0.4) is 0 Å². The summed E-state index contributed by atoms with van der Waals surface area (Å²) in [4.78, 5) is 19.6. The largest absolute Gasteiger partial charge is 0.461 e. The van der Waals surface area contributed by atoms with E-state index in [2.05, 4.69) is 15.1 Å². The molecule has 0 bridgehead atoms. The molecular formula is C10H9ClN4O2. The Bertz CT molecular complexity index is 526. The molecule has 2 aromatic rings. The summed E-state index contributed by atoms with van der Waals surface area (Å²) in [5, 5.41) is 4.12. The fraction of sp³-hybridized carbons (Fsp3) is 0.200. The summed E-state index contributed by atoms with van der Waals surface area (Å²) in [5.41, 5.74) is 0.197. The van der Waals surface area contributed by atoms with Gasteiger partial charge in [-0.2, -0.15) is 9.78 Å². The second kappa shape index (κ2) is 4.92. The van der Waals surface area contributed by atoms with Crippen molar-refractivity contribution in [3.05, 3.63) is 35.4 Å². The summed E-state index contributed by atoms with van der Waals surface area (Å²) in [6.45, 7) is 2.00. The molecule has 2 rings (SSSR count). The minimum atomic E-state index is -0.514. The number of hydrogen-bond donors (Lipinski definition) is 0. The van der Waals surface area contributed by atoms with Gasteiger partial charge in [-0.05, 0) is 13.0 Å². The topological polar surface area (TPSA) is 69.9 Å². The van der Waals surface area contributed by atoms with Crippen LogP contribution in [0.2, 0.25) is 5.15 Å². The van der Waals surface area contributed by atoms with Crippen LogP contribution in [-0.4, -0.2) is 32.3 Å². The first-order chi connectivity index (χ1) is 8.22. The average Bonchev–Trinajstić information content (AvgIpc) is 2.73. The van der Waals surface area contributed by atoms with E-state index in [4.69, 9.17) is 16.3 Å². The molecule has 0 atom stereocenters. The van der Waals surface area contributed by atoms with Crippen LogP contribution in [0, 0.1) is 0 Å². The summed E-state index contributed by atoms with van der Waals surface area (Å²) in [6.07, 6.45) is 3.10. The van der Waals surface area contributed by atoms with E-state index in [0.29, 0.717) is 0 Å². The van der Waals surface area contributed by atoms with E-state index in [1.165, 1.54) is 10.7 Å². The molecule has 0 saturated heterocycles. The van der Waals surface area contributed by atoms with Gasteiger partial charge in [-0.15, -0.1) is 0 Å². The Kier molecular flexibility index (Phi) is 3.34.